The van der Waals surface area contributed by atoms with Gasteiger partial charge in [-0.3, -0.25) is 14.5 Å². The number of fused-ring (bicyclic) bond motifs is 1. The fourth-order valence-electron chi connectivity index (χ4n) is 6.81. The third-order valence-electron chi connectivity index (χ3n) is 8.60. The van der Waals surface area contributed by atoms with Crippen molar-refractivity contribution in [3.05, 3.63) is 0 Å². The summed E-state index contributed by atoms with van der Waals surface area (Å²) in [7, 11) is 0. The smallest absolute Gasteiger partial charge is 0.248 e. The van der Waals surface area contributed by atoms with Gasteiger partial charge in [-0.15, -0.1) is 0 Å². The number of halogens is 1. The second-order valence-electron chi connectivity index (χ2n) is 10.5. The zero-order valence-electron chi connectivity index (χ0n) is 19.6. The Morgan fingerprint density at radius 1 is 1.19 bits per heavy atom. The standard InChI is InChI=1S/C24H41FN4O3/c1-3-29(22(31)14-30)18-9-10-28(13-18)17-6-4-5-16(11-17)26-24(32)21-12-19-20(25)8-7-15(2)23(19)27-21/h15-21,23,27,30H,3-14H2,1-2H3,(H,26,32)/t15?,16-,17+,18+,19?,20?,21?,23?/m1/s1. The summed E-state index contributed by atoms with van der Waals surface area (Å²) in [5, 5.41) is 16.0. The first kappa shape index (κ1) is 23.9. The van der Waals surface area contributed by atoms with E-state index < -0.39 is 12.8 Å². The number of alkyl halides is 1. The molecule has 8 heteroatoms. The Bertz CT molecular complexity index is 662. The van der Waals surface area contributed by atoms with Crippen LogP contribution in [0.4, 0.5) is 4.39 Å². The van der Waals surface area contributed by atoms with E-state index in [2.05, 4.69) is 22.5 Å². The van der Waals surface area contributed by atoms with Crippen LogP contribution in [-0.2, 0) is 9.59 Å². The number of aliphatic hydroxyl groups excluding tert-OH is 1. The van der Waals surface area contributed by atoms with Crippen molar-refractivity contribution in [1.82, 2.24) is 20.4 Å². The van der Waals surface area contributed by atoms with Gasteiger partial charge in [-0.1, -0.05) is 6.92 Å². The largest absolute Gasteiger partial charge is 0.387 e. The number of aliphatic hydroxyl groups is 1. The topological polar surface area (TPSA) is 84.9 Å². The molecule has 0 aromatic rings. The van der Waals surface area contributed by atoms with Crippen molar-refractivity contribution in [3.63, 3.8) is 0 Å². The van der Waals surface area contributed by atoms with Crippen molar-refractivity contribution in [1.29, 1.82) is 0 Å². The highest BCUT2D eigenvalue weighted by molar-refractivity contribution is 5.82. The molecule has 0 aromatic heterocycles. The highest BCUT2D eigenvalue weighted by Gasteiger charge is 2.46. The van der Waals surface area contributed by atoms with Crippen LogP contribution in [0.3, 0.4) is 0 Å². The Kier molecular flexibility index (Phi) is 7.73. The van der Waals surface area contributed by atoms with E-state index in [1.165, 1.54) is 0 Å². The molecule has 0 bridgehead atoms. The van der Waals surface area contributed by atoms with Gasteiger partial charge in [0.15, 0.2) is 0 Å². The Balaban J connectivity index is 1.28. The summed E-state index contributed by atoms with van der Waals surface area (Å²) in [6, 6.07) is 0.582. The van der Waals surface area contributed by atoms with Crippen LogP contribution in [0.1, 0.15) is 65.2 Å². The van der Waals surface area contributed by atoms with Crippen molar-refractivity contribution in [2.75, 3.05) is 26.2 Å². The van der Waals surface area contributed by atoms with E-state index >= 15 is 0 Å². The Hall–Kier alpha value is -1.25. The van der Waals surface area contributed by atoms with Gasteiger partial charge >= 0.3 is 0 Å². The number of likely N-dealkylation sites (N-methyl/N-ethyl adjacent to an activating group) is 1. The maximum absolute atomic E-state index is 14.4. The predicted molar refractivity (Wildman–Crippen MR) is 121 cm³/mol. The van der Waals surface area contributed by atoms with E-state index in [9.17, 15) is 19.1 Å². The third kappa shape index (κ3) is 4.97. The van der Waals surface area contributed by atoms with Gasteiger partial charge in [0.25, 0.3) is 0 Å². The Morgan fingerprint density at radius 2 is 2.00 bits per heavy atom. The molecule has 4 aliphatic rings. The highest BCUT2D eigenvalue weighted by Crippen LogP contribution is 2.38. The number of amides is 2. The van der Waals surface area contributed by atoms with Gasteiger partial charge in [0.2, 0.25) is 11.8 Å². The summed E-state index contributed by atoms with van der Waals surface area (Å²) in [5.74, 6) is 0.239. The van der Waals surface area contributed by atoms with Gasteiger partial charge in [0, 0.05) is 49.7 Å². The second-order valence-corrected chi connectivity index (χ2v) is 10.5. The average molecular weight is 453 g/mol. The SMILES string of the molecule is CCN(C(=O)CO)[C@H]1CCN([C@H]2CCC[C@@H](NC(=O)C3CC4C(F)CCC(C)C4N3)C2)C1. The van der Waals surface area contributed by atoms with Gasteiger partial charge in [0.1, 0.15) is 12.8 Å². The van der Waals surface area contributed by atoms with Crippen LogP contribution in [0, 0.1) is 11.8 Å². The number of rotatable bonds is 6. The zero-order valence-corrected chi connectivity index (χ0v) is 19.6. The zero-order chi connectivity index (χ0) is 22.8. The van der Waals surface area contributed by atoms with Gasteiger partial charge < -0.3 is 20.6 Å². The molecule has 0 aromatic carbocycles. The van der Waals surface area contributed by atoms with Gasteiger partial charge in [-0.2, -0.15) is 0 Å². The summed E-state index contributed by atoms with van der Waals surface area (Å²) in [4.78, 5) is 29.3. The maximum Gasteiger partial charge on any atom is 0.248 e. The molecular formula is C24H41FN4O3. The predicted octanol–water partition coefficient (Wildman–Crippen LogP) is 1.44. The minimum atomic E-state index is -0.788. The molecule has 4 rings (SSSR count). The number of carbonyl (C=O) groups excluding carboxylic acids is 2. The number of hydrogen-bond donors (Lipinski definition) is 3. The van der Waals surface area contributed by atoms with Crippen LogP contribution in [0.2, 0.25) is 0 Å². The first-order chi connectivity index (χ1) is 15.4. The molecule has 2 amide bonds. The van der Waals surface area contributed by atoms with E-state index in [4.69, 9.17) is 0 Å². The maximum atomic E-state index is 14.4. The third-order valence-corrected chi connectivity index (χ3v) is 8.60. The molecule has 0 spiro atoms. The van der Waals surface area contributed by atoms with Crippen molar-refractivity contribution >= 4 is 11.8 Å². The number of nitrogens with one attached hydrogen (secondary N) is 2. The second kappa shape index (κ2) is 10.3. The summed E-state index contributed by atoms with van der Waals surface area (Å²) in [6.45, 7) is 6.11. The minimum absolute atomic E-state index is 0.0294. The lowest BCUT2D eigenvalue weighted by atomic mass is 9.77. The fourth-order valence-corrected chi connectivity index (χ4v) is 6.81. The van der Waals surface area contributed by atoms with E-state index in [1.54, 1.807) is 4.90 Å². The lowest BCUT2D eigenvalue weighted by Crippen LogP contribution is -2.51. The summed E-state index contributed by atoms with van der Waals surface area (Å²) < 4.78 is 14.4. The molecular weight excluding hydrogens is 411 g/mol. The van der Waals surface area contributed by atoms with Gasteiger partial charge in [0.05, 0.1) is 6.04 Å². The van der Waals surface area contributed by atoms with Crippen molar-refractivity contribution in [2.24, 2.45) is 11.8 Å². The summed E-state index contributed by atoms with van der Waals surface area (Å²) in [5.41, 5.74) is 0. The molecule has 2 heterocycles. The van der Waals surface area contributed by atoms with Crippen LogP contribution >= 0.6 is 0 Å². The molecule has 3 N–H and O–H groups in total. The molecule has 32 heavy (non-hydrogen) atoms. The normalized spacial score (nSPS) is 40.1. The molecule has 4 fully saturated rings. The molecule has 0 radical (unpaired) electrons. The summed E-state index contributed by atoms with van der Waals surface area (Å²) >= 11 is 0. The van der Waals surface area contributed by atoms with E-state index in [0.717, 1.165) is 51.6 Å². The van der Waals surface area contributed by atoms with E-state index in [1.807, 2.05) is 6.92 Å². The van der Waals surface area contributed by atoms with Gasteiger partial charge in [-0.25, -0.2) is 4.39 Å². The van der Waals surface area contributed by atoms with Crippen molar-refractivity contribution in [3.8, 4) is 0 Å². The lowest BCUT2D eigenvalue weighted by Gasteiger charge is -2.36. The fraction of sp³-hybridized carbons (Fsp3) is 0.917. The average Bonchev–Trinajstić information content (AvgIpc) is 3.46. The molecule has 2 saturated carbocycles. The van der Waals surface area contributed by atoms with Crippen LogP contribution < -0.4 is 10.6 Å². The first-order valence-corrected chi connectivity index (χ1v) is 12.8. The molecule has 5 unspecified atom stereocenters. The number of hydrogen-bond acceptors (Lipinski definition) is 5. The monoisotopic (exact) mass is 452 g/mol. The number of nitrogens with zero attached hydrogens (tertiary/aromatic N) is 2. The van der Waals surface area contributed by atoms with Crippen molar-refractivity contribution < 1.29 is 19.1 Å². The lowest BCUT2D eigenvalue weighted by molar-refractivity contribution is -0.136. The molecule has 2 aliphatic heterocycles. The summed E-state index contributed by atoms with van der Waals surface area (Å²) in [6.07, 6.45) is 6.39. The molecule has 182 valence electrons. The Morgan fingerprint density at radius 3 is 2.72 bits per heavy atom. The molecule has 2 aliphatic carbocycles. The minimum Gasteiger partial charge on any atom is -0.387 e. The first-order valence-electron chi connectivity index (χ1n) is 12.8. The van der Waals surface area contributed by atoms with Crippen LogP contribution in [0.25, 0.3) is 0 Å². The van der Waals surface area contributed by atoms with Gasteiger partial charge in [-0.05, 0) is 64.2 Å². The number of carbonyl (C=O) groups is 2. The van der Waals surface area contributed by atoms with Crippen molar-refractivity contribution in [2.45, 2.75) is 102 Å². The van der Waals surface area contributed by atoms with Crippen LogP contribution in [0.5, 0.6) is 0 Å². The van der Waals surface area contributed by atoms with E-state index in [0.29, 0.717) is 31.3 Å². The molecule has 2 saturated heterocycles. The molecule has 7 nitrogen and oxygen atoms in total. The number of likely N-dealkylation sites (tertiary alicyclic amines) is 1. The molecule has 8 atom stereocenters. The van der Waals surface area contributed by atoms with Crippen LogP contribution in [0.15, 0.2) is 0 Å². The van der Waals surface area contributed by atoms with E-state index in [-0.39, 0.29) is 41.9 Å². The Labute approximate surface area is 191 Å². The highest BCUT2D eigenvalue weighted by atomic mass is 19.1. The quantitative estimate of drug-likeness (QED) is 0.568. The van der Waals surface area contributed by atoms with Crippen LogP contribution in [-0.4, -0.2) is 89.3 Å².